The van der Waals surface area contributed by atoms with Gasteiger partial charge in [-0.1, -0.05) is 23.7 Å². The van der Waals surface area contributed by atoms with Gasteiger partial charge in [0.1, 0.15) is 6.10 Å². The molecule has 1 saturated heterocycles. The largest absolute Gasteiger partial charge is 0.459 e. The molecule has 0 aromatic heterocycles. The number of nitrogens with one attached hydrogen (secondary N) is 1. The molecule has 1 aromatic carbocycles. The van der Waals surface area contributed by atoms with Gasteiger partial charge in [0, 0.05) is 30.3 Å². The molecule has 24 heavy (non-hydrogen) atoms. The van der Waals surface area contributed by atoms with Gasteiger partial charge in [-0.3, -0.25) is 0 Å². The highest BCUT2D eigenvalue weighted by molar-refractivity contribution is 6.30. The molecule has 4 nitrogen and oxygen atoms in total. The van der Waals surface area contributed by atoms with Gasteiger partial charge >= 0.3 is 5.97 Å². The molecule has 2 aliphatic rings. The first-order valence-corrected chi connectivity index (χ1v) is 8.47. The Hall–Kier alpha value is -1.24. The molecule has 2 N–H and O–H groups in total. The Kier molecular flexibility index (Phi) is 4.82. The standard InChI is InChI=1S/C17H20ClF2NO3/c18-13-3-1-11(2-4-13)17(23,12-5-7-16(19,20)9-12)15(22)24-14-6-8-21-10-14/h1-4,12,14,21,23H,5-10H2. The van der Waals surface area contributed by atoms with Crippen LogP contribution in [0.4, 0.5) is 8.78 Å². The number of rotatable bonds is 4. The summed E-state index contributed by atoms with van der Waals surface area (Å²) >= 11 is 5.86. The fourth-order valence-corrected chi connectivity index (χ4v) is 3.63. The molecular formula is C17H20ClF2NO3. The minimum absolute atomic E-state index is 0.0597. The van der Waals surface area contributed by atoms with E-state index in [1.807, 2.05) is 0 Å². The lowest BCUT2D eigenvalue weighted by Crippen LogP contribution is -2.45. The van der Waals surface area contributed by atoms with Crippen molar-refractivity contribution in [3.05, 3.63) is 34.9 Å². The molecule has 0 spiro atoms. The maximum atomic E-state index is 13.7. The van der Waals surface area contributed by atoms with Crippen LogP contribution in [0, 0.1) is 5.92 Å². The van der Waals surface area contributed by atoms with Gasteiger partial charge < -0.3 is 15.2 Å². The monoisotopic (exact) mass is 359 g/mol. The van der Waals surface area contributed by atoms with E-state index in [9.17, 15) is 18.7 Å². The summed E-state index contributed by atoms with van der Waals surface area (Å²) in [5.41, 5.74) is -1.85. The molecule has 3 unspecified atom stereocenters. The second-order valence-electron chi connectivity index (χ2n) is 6.59. The second kappa shape index (κ2) is 6.58. The highest BCUT2D eigenvalue weighted by Crippen LogP contribution is 2.48. The Morgan fingerprint density at radius 2 is 2.04 bits per heavy atom. The Morgan fingerprint density at radius 1 is 1.33 bits per heavy atom. The van der Waals surface area contributed by atoms with Gasteiger partial charge in [0.25, 0.3) is 0 Å². The summed E-state index contributed by atoms with van der Waals surface area (Å²) in [7, 11) is 0. The first-order chi connectivity index (χ1) is 11.3. The number of aliphatic hydroxyl groups is 1. The van der Waals surface area contributed by atoms with E-state index >= 15 is 0 Å². The van der Waals surface area contributed by atoms with Crippen molar-refractivity contribution in [1.82, 2.24) is 5.32 Å². The van der Waals surface area contributed by atoms with Gasteiger partial charge in [-0.15, -0.1) is 0 Å². The van der Waals surface area contributed by atoms with Crippen molar-refractivity contribution in [3.63, 3.8) is 0 Å². The third-order valence-electron chi connectivity index (χ3n) is 4.88. The van der Waals surface area contributed by atoms with Crippen molar-refractivity contribution < 1.29 is 23.4 Å². The predicted octanol–water partition coefficient (Wildman–Crippen LogP) is 2.87. The summed E-state index contributed by atoms with van der Waals surface area (Å²) in [5, 5.41) is 14.7. The van der Waals surface area contributed by atoms with E-state index in [1.165, 1.54) is 24.3 Å². The molecule has 0 bridgehead atoms. The number of hydrogen-bond acceptors (Lipinski definition) is 4. The van der Waals surface area contributed by atoms with Gasteiger partial charge in [-0.25, -0.2) is 13.6 Å². The summed E-state index contributed by atoms with van der Waals surface area (Å²) in [5.74, 6) is -4.63. The van der Waals surface area contributed by atoms with Crippen molar-refractivity contribution in [2.45, 2.75) is 43.3 Å². The molecule has 7 heteroatoms. The summed E-state index contributed by atoms with van der Waals surface area (Å²) in [6.07, 6.45) is -0.526. The van der Waals surface area contributed by atoms with Crippen LogP contribution in [0.2, 0.25) is 5.02 Å². The highest BCUT2D eigenvalue weighted by Gasteiger charge is 2.54. The Balaban J connectivity index is 1.90. The zero-order chi connectivity index (χ0) is 17.4. The van der Waals surface area contributed by atoms with Crippen LogP contribution >= 0.6 is 11.6 Å². The fourth-order valence-electron chi connectivity index (χ4n) is 3.50. The number of benzene rings is 1. The quantitative estimate of drug-likeness (QED) is 0.812. The van der Waals surface area contributed by atoms with E-state index in [0.29, 0.717) is 18.0 Å². The molecule has 132 valence electrons. The summed E-state index contributed by atoms with van der Waals surface area (Å²) in [4.78, 5) is 12.7. The smallest absolute Gasteiger partial charge is 0.343 e. The van der Waals surface area contributed by atoms with E-state index in [2.05, 4.69) is 5.32 Å². The maximum absolute atomic E-state index is 13.7. The molecule has 0 radical (unpaired) electrons. The van der Waals surface area contributed by atoms with Crippen LogP contribution in [0.25, 0.3) is 0 Å². The highest BCUT2D eigenvalue weighted by atomic mass is 35.5. The zero-order valence-electron chi connectivity index (χ0n) is 13.1. The molecule has 1 saturated carbocycles. The molecule has 3 rings (SSSR count). The summed E-state index contributed by atoms with van der Waals surface area (Å²) < 4.78 is 32.8. The van der Waals surface area contributed by atoms with Crippen molar-refractivity contribution in [2.24, 2.45) is 5.92 Å². The molecule has 2 fully saturated rings. The lowest BCUT2D eigenvalue weighted by Gasteiger charge is -2.33. The number of esters is 1. The maximum Gasteiger partial charge on any atom is 0.343 e. The molecule has 0 amide bonds. The second-order valence-corrected chi connectivity index (χ2v) is 7.03. The Labute approximate surface area is 144 Å². The van der Waals surface area contributed by atoms with Crippen molar-refractivity contribution >= 4 is 17.6 Å². The van der Waals surface area contributed by atoms with Crippen LogP contribution in [0.15, 0.2) is 24.3 Å². The minimum atomic E-state index is -2.87. The van der Waals surface area contributed by atoms with Crippen LogP contribution < -0.4 is 5.32 Å². The van der Waals surface area contributed by atoms with E-state index in [0.717, 1.165) is 6.54 Å². The number of carbonyl (C=O) groups excluding carboxylic acids is 1. The number of alkyl halides is 2. The van der Waals surface area contributed by atoms with Crippen LogP contribution in [0.3, 0.4) is 0 Å². The molecule has 1 aliphatic carbocycles. The third kappa shape index (κ3) is 3.41. The van der Waals surface area contributed by atoms with Gasteiger partial charge in [0.15, 0.2) is 5.60 Å². The van der Waals surface area contributed by atoms with Gasteiger partial charge in [0.2, 0.25) is 5.92 Å². The first kappa shape index (κ1) is 17.6. The van der Waals surface area contributed by atoms with Crippen LogP contribution in [0.1, 0.15) is 31.2 Å². The third-order valence-corrected chi connectivity index (χ3v) is 5.13. The van der Waals surface area contributed by atoms with Gasteiger partial charge in [-0.2, -0.15) is 0 Å². The average molecular weight is 360 g/mol. The lowest BCUT2D eigenvalue weighted by atomic mass is 9.80. The molecule has 1 aromatic rings. The van der Waals surface area contributed by atoms with Gasteiger partial charge in [-0.05, 0) is 37.1 Å². The van der Waals surface area contributed by atoms with Crippen molar-refractivity contribution in [1.29, 1.82) is 0 Å². The first-order valence-electron chi connectivity index (χ1n) is 8.09. The summed E-state index contributed by atoms with van der Waals surface area (Å²) in [6, 6.07) is 6.04. The molecule has 1 heterocycles. The number of halogens is 3. The normalized spacial score (nSPS) is 28.5. The Bertz CT molecular complexity index is 604. The Morgan fingerprint density at radius 3 is 2.58 bits per heavy atom. The van der Waals surface area contributed by atoms with Crippen LogP contribution in [0.5, 0.6) is 0 Å². The van der Waals surface area contributed by atoms with Crippen molar-refractivity contribution in [3.8, 4) is 0 Å². The molecular weight excluding hydrogens is 340 g/mol. The van der Waals surface area contributed by atoms with E-state index < -0.39 is 29.8 Å². The number of ether oxygens (including phenoxy) is 1. The molecule has 1 aliphatic heterocycles. The summed E-state index contributed by atoms with van der Waals surface area (Å²) in [6.45, 7) is 1.22. The van der Waals surface area contributed by atoms with Crippen LogP contribution in [-0.4, -0.2) is 36.2 Å². The average Bonchev–Trinajstić information content (AvgIpc) is 3.16. The number of carbonyl (C=O) groups is 1. The van der Waals surface area contributed by atoms with E-state index in [1.54, 1.807) is 0 Å². The van der Waals surface area contributed by atoms with E-state index in [-0.39, 0.29) is 24.5 Å². The lowest BCUT2D eigenvalue weighted by molar-refractivity contribution is -0.179. The van der Waals surface area contributed by atoms with Gasteiger partial charge in [0.05, 0.1) is 0 Å². The fraction of sp³-hybridized carbons (Fsp3) is 0.588. The molecule has 3 atom stereocenters. The predicted molar refractivity (Wildman–Crippen MR) is 85.0 cm³/mol. The van der Waals surface area contributed by atoms with Crippen LogP contribution in [-0.2, 0) is 15.1 Å². The minimum Gasteiger partial charge on any atom is -0.459 e. The SMILES string of the molecule is O=C(OC1CCNC1)C(O)(c1ccc(Cl)cc1)C1CCC(F)(F)C1. The zero-order valence-corrected chi connectivity index (χ0v) is 13.9. The topological polar surface area (TPSA) is 58.6 Å². The number of hydrogen-bond donors (Lipinski definition) is 2. The van der Waals surface area contributed by atoms with Crippen molar-refractivity contribution in [2.75, 3.05) is 13.1 Å². The van der Waals surface area contributed by atoms with E-state index in [4.69, 9.17) is 16.3 Å².